The van der Waals surface area contributed by atoms with Crippen LogP contribution in [0, 0.1) is 0 Å². The third kappa shape index (κ3) is 5.17. The third-order valence-electron chi connectivity index (χ3n) is 5.56. The fourth-order valence-electron chi connectivity index (χ4n) is 3.82. The molecule has 0 unspecified atom stereocenters. The molecule has 1 saturated heterocycles. The summed E-state index contributed by atoms with van der Waals surface area (Å²) in [5.41, 5.74) is 2.82. The minimum Gasteiger partial charge on any atom is -0.496 e. The molecule has 0 atom stereocenters. The van der Waals surface area contributed by atoms with Gasteiger partial charge in [0.1, 0.15) is 12.0 Å². The Morgan fingerprint density at radius 2 is 1.84 bits per heavy atom. The van der Waals surface area contributed by atoms with Crippen molar-refractivity contribution in [3.8, 4) is 17.2 Å². The van der Waals surface area contributed by atoms with Gasteiger partial charge in [-0.1, -0.05) is 36.4 Å². The first kappa shape index (κ1) is 21.6. The second kappa shape index (κ2) is 10.1. The quantitative estimate of drug-likeness (QED) is 0.612. The van der Waals surface area contributed by atoms with Crippen LogP contribution >= 0.6 is 0 Å². The summed E-state index contributed by atoms with van der Waals surface area (Å²) >= 11 is 0. The second-order valence-corrected chi connectivity index (χ2v) is 7.86. The smallest absolute Gasteiger partial charge is 0.275 e. The molecule has 7 nitrogen and oxygen atoms in total. The van der Waals surface area contributed by atoms with Crippen LogP contribution in [0.5, 0.6) is 5.75 Å². The van der Waals surface area contributed by atoms with Gasteiger partial charge in [-0.05, 0) is 42.5 Å². The zero-order chi connectivity index (χ0) is 22.3. The van der Waals surface area contributed by atoms with Gasteiger partial charge in [-0.25, -0.2) is 4.98 Å². The number of likely N-dealkylation sites (tertiary alicyclic amines) is 1. The number of hydrogen-bond acceptors (Lipinski definition) is 5. The lowest BCUT2D eigenvalue weighted by Gasteiger charge is -2.25. The van der Waals surface area contributed by atoms with Crippen LogP contribution in [0.4, 0.5) is 0 Å². The summed E-state index contributed by atoms with van der Waals surface area (Å²) in [4.78, 5) is 31.1. The van der Waals surface area contributed by atoms with Crippen LogP contribution in [-0.2, 0) is 17.8 Å². The number of aromatic nitrogens is 1. The SMILES string of the molecule is COc1cc(CNC(=O)Cc2ccccc2)ccc1-c1nc(C(=O)N2CCCCC2)co1. The summed E-state index contributed by atoms with van der Waals surface area (Å²) in [7, 11) is 1.57. The molecule has 1 aliphatic heterocycles. The Balaban J connectivity index is 1.41. The molecule has 0 bridgehead atoms. The van der Waals surface area contributed by atoms with E-state index < -0.39 is 0 Å². The molecule has 3 aromatic rings. The number of nitrogens with one attached hydrogen (secondary N) is 1. The van der Waals surface area contributed by atoms with E-state index in [9.17, 15) is 9.59 Å². The maximum Gasteiger partial charge on any atom is 0.275 e. The van der Waals surface area contributed by atoms with Crippen LogP contribution < -0.4 is 10.1 Å². The van der Waals surface area contributed by atoms with E-state index in [4.69, 9.17) is 9.15 Å². The molecule has 2 heterocycles. The number of rotatable bonds is 7. The van der Waals surface area contributed by atoms with E-state index in [0.29, 0.717) is 35.9 Å². The number of benzene rings is 2. The van der Waals surface area contributed by atoms with Crippen molar-refractivity contribution in [1.29, 1.82) is 0 Å². The Bertz CT molecular complexity index is 1070. The van der Waals surface area contributed by atoms with Gasteiger partial charge in [0.05, 0.1) is 19.1 Å². The van der Waals surface area contributed by atoms with Crippen molar-refractivity contribution in [3.05, 3.63) is 71.6 Å². The van der Waals surface area contributed by atoms with Gasteiger partial charge in [0.2, 0.25) is 11.8 Å². The molecule has 0 saturated carbocycles. The predicted molar refractivity (Wildman–Crippen MR) is 120 cm³/mol. The van der Waals surface area contributed by atoms with E-state index in [-0.39, 0.29) is 11.8 Å². The molecule has 2 amide bonds. The van der Waals surface area contributed by atoms with E-state index in [1.54, 1.807) is 7.11 Å². The second-order valence-electron chi connectivity index (χ2n) is 7.86. The lowest BCUT2D eigenvalue weighted by Crippen LogP contribution is -2.35. The molecule has 166 valence electrons. The van der Waals surface area contributed by atoms with Gasteiger partial charge in [0.15, 0.2) is 5.69 Å². The Morgan fingerprint density at radius 1 is 1.06 bits per heavy atom. The van der Waals surface area contributed by atoms with Crippen molar-refractivity contribution in [3.63, 3.8) is 0 Å². The first-order chi connectivity index (χ1) is 15.6. The van der Waals surface area contributed by atoms with Crippen molar-refractivity contribution in [2.45, 2.75) is 32.2 Å². The van der Waals surface area contributed by atoms with Gasteiger partial charge in [0.25, 0.3) is 5.91 Å². The number of methoxy groups -OCH3 is 1. The first-order valence-electron chi connectivity index (χ1n) is 10.9. The van der Waals surface area contributed by atoms with Crippen molar-refractivity contribution in [2.24, 2.45) is 0 Å². The molecule has 0 spiro atoms. The fourth-order valence-corrected chi connectivity index (χ4v) is 3.82. The number of ether oxygens (including phenoxy) is 1. The van der Waals surface area contributed by atoms with Crippen LogP contribution in [-0.4, -0.2) is 41.9 Å². The average Bonchev–Trinajstić information content (AvgIpc) is 3.33. The summed E-state index contributed by atoms with van der Waals surface area (Å²) < 4.78 is 11.1. The lowest BCUT2D eigenvalue weighted by molar-refractivity contribution is -0.120. The highest BCUT2D eigenvalue weighted by atomic mass is 16.5. The number of amides is 2. The third-order valence-corrected chi connectivity index (χ3v) is 5.56. The molecule has 1 N–H and O–H groups in total. The number of piperidine rings is 1. The molecule has 7 heteroatoms. The Morgan fingerprint density at radius 3 is 2.59 bits per heavy atom. The molecule has 4 rings (SSSR count). The fraction of sp³-hybridized carbons (Fsp3) is 0.320. The molecule has 1 aromatic heterocycles. The molecule has 0 radical (unpaired) electrons. The highest BCUT2D eigenvalue weighted by Gasteiger charge is 2.22. The van der Waals surface area contributed by atoms with Gasteiger partial charge >= 0.3 is 0 Å². The van der Waals surface area contributed by atoms with Gasteiger partial charge in [0, 0.05) is 19.6 Å². The molecule has 1 aliphatic rings. The Hall–Kier alpha value is -3.61. The number of carbonyl (C=O) groups is 2. The van der Waals surface area contributed by atoms with E-state index in [1.165, 1.54) is 6.26 Å². The maximum atomic E-state index is 12.7. The van der Waals surface area contributed by atoms with Crippen LogP contribution in [0.25, 0.3) is 11.5 Å². The van der Waals surface area contributed by atoms with Gasteiger partial charge in [-0.2, -0.15) is 0 Å². The lowest BCUT2D eigenvalue weighted by atomic mass is 10.1. The van der Waals surface area contributed by atoms with Gasteiger partial charge in [-0.3, -0.25) is 9.59 Å². The number of nitrogens with zero attached hydrogens (tertiary/aromatic N) is 2. The topological polar surface area (TPSA) is 84.7 Å². The molecule has 1 fully saturated rings. The van der Waals surface area contributed by atoms with E-state index in [1.807, 2.05) is 53.4 Å². The van der Waals surface area contributed by atoms with Crippen molar-refractivity contribution in [2.75, 3.05) is 20.2 Å². The van der Waals surface area contributed by atoms with Crippen molar-refractivity contribution >= 4 is 11.8 Å². The minimum absolute atomic E-state index is 0.0483. The summed E-state index contributed by atoms with van der Waals surface area (Å²) in [5, 5.41) is 2.93. The van der Waals surface area contributed by atoms with Crippen LogP contribution in [0.15, 0.2) is 59.2 Å². The molecular formula is C25H27N3O4. The van der Waals surface area contributed by atoms with Crippen LogP contribution in [0.1, 0.15) is 40.9 Å². The number of carbonyl (C=O) groups excluding carboxylic acids is 2. The van der Waals surface area contributed by atoms with Crippen LogP contribution in [0.3, 0.4) is 0 Å². The summed E-state index contributed by atoms with van der Waals surface area (Å²) in [5.74, 6) is 0.754. The summed E-state index contributed by atoms with van der Waals surface area (Å²) in [6.45, 7) is 1.90. The first-order valence-corrected chi connectivity index (χ1v) is 10.9. The highest BCUT2D eigenvalue weighted by molar-refractivity contribution is 5.92. The van der Waals surface area contributed by atoms with E-state index in [2.05, 4.69) is 10.3 Å². The molecule has 0 aliphatic carbocycles. The largest absolute Gasteiger partial charge is 0.496 e. The predicted octanol–water partition coefficient (Wildman–Crippen LogP) is 3.84. The van der Waals surface area contributed by atoms with Gasteiger partial charge < -0.3 is 19.4 Å². The normalized spacial score (nSPS) is 13.6. The zero-order valence-corrected chi connectivity index (χ0v) is 18.2. The minimum atomic E-state index is -0.101. The summed E-state index contributed by atoms with van der Waals surface area (Å²) in [6, 6.07) is 15.2. The van der Waals surface area contributed by atoms with Crippen molar-refractivity contribution < 1.29 is 18.7 Å². The number of oxazole rings is 1. The zero-order valence-electron chi connectivity index (χ0n) is 18.2. The monoisotopic (exact) mass is 433 g/mol. The summed E-state index contributed by atoms with van der Waals surface area (Å²) in [6.07, 6.45) is 4.94. The van der Waals surface area contributed by atoms with E-state index >= 15 is 0 Å². The standard InChI is InChI=1S/C25H27N3O4/c1-31-22-14-19(16-26-23(29)15-18-8-4-2-5-9-18)10-11-20(22)24-27-21(17-32-24)25(30)28-12-6-3-7-13-28/h2,4-5,8-11,14,17H,3,6-7,12-13,15-16H2,1H3,(H,26,29). The highest BCUT2D eigenvalue weighted by Crippen LogP contribution is 2.30. The molecule has 2 aromatic carbocycles. The van der Waals surface area contributed by atoms with Crippen molar-refractivity contribution in [1.82, 2.24) is 15.2 Å². The Kier molecular flexibility index (Phi) is 6.84. The van der Waals surface area contributed by atoms with Gasteiger partial charge in [-0.15, -0.1) is 0 Å². The van der Waals surface area contributed by atoms with Crippen LogP contribution in [0.2, 0.25) is 0 Å². The molecule has 32 heavy (non-hydrogen) atoms. The number of hydrogen-bond donors (Lipinski definition) is 1. The maximum absolute atomic E-state index is 12.7. The van der Waals surface area contributed by atoms with E-state index in [0.717, 1.165) is 43.5 Å². The molecular weight excluding hydrogens is 406 g/mol. The Labute approximate surface area is 187 Å². The average molecular weight is 434 g/mol.